The summed E-state index contributed by atoms with van der Waals surface area (Å²) in [6.45, 7) is 4.60. The van der Waals surface area contributed by atoms with Crippen LogP contribution in [0.1, 0.15) is 42.6 Å². The van der Waals surface area contributed by atoms with Crippen LogP contribution in [0.3, 0.4) is 0 Å². The number of benzene rings is 4. The lowest BCUT2D eigenvalue weighted by atomic mass is 10.1. The van der Waals surface area contributed by atoms with Gasteiger partial charge in [-0.2, -0.15) is 0 Å². The molecule has 0 aliphatic carbocycles. The minimum Gasteiger partial charge on any atom is -0.496 e. The summed E-state index contributed by atoms with van der Waals surface area (Å²) in [4.78, 5) is 40.2. The molecule has 0 aliphatic rings. The van der Waals surface area contributed by atoms with E-state index in [0.717, 1.165) is 23.5 Å². The number of methoxy groups -OCH3 is 1. The Morgan fingerprint density at radius 1 is 0.844 bits per heavy atom. The lowest BCUT2D eigenvalue weighted by Gasteiger charge is -2.15. The molecule has 0 saturated heterocycles. The second-order valence-corrected chi connectivity index (χ2v) is 11.5. The minimum absolute atomic E-state index is 0.0425. The number of nitrogens with one attached hydrogen (secondary N) is 3. The number of anilines is 2. The van der Waals surface area contributed by atoms with Crippen molar-refractivity contribution >= 4 is 46.9 Å². The predicted molar refractivity (Wildman–Crippen MR) is 181 cm³/mol. The molecule has 232 valence electrons. The maximum absolute atomic E-state index is 13.5. The zero-order valence-corrected chi connectivity index (χ0v) is 26.4. The van der Waals surface area contributed by atoms with Gasteiger partial charge in [0.05, 0.1) is 19.0 Å². The highest BCUT2D eigenvalue weighted by Gasteiger charge is 2.18. The van der Waals surface area contributed by atoms with Crippen molar-refractivity contribution in [2.75, 3.05) is 24.4 Å². The summed E-state index contributed by atoms with van der Waals surface area (Å²) >= 11 is 1.36. The molecule has 0 aromatic heterocycles. The number of carbonyl (C=O) groups excluding carboxylic acids is 3. The molecule has 1 unspecified atom stereocenters. The van der Waals surface area contributed by atoms with E-state index in [2.05, 4.69) is 22.9 Å². The van der Waals surface area contributed by atoms with Gasteiger partial charge in [0.1, 0.15) is 17.2 Å². The summed E-state index contributed by atoms with van der Waals surface area (Å²) in [6.07, 6.45) is 3.63. The van der Waals surface area contributed by atoms with E-state index in [1.807, 2.05) is 55.5 Å². The molecule has 0 saturated carbocycles. The summed E-state index contributed by atoms with van der Waals surface area (Å²) in [5, 5.41) is 8.14. The van der Waals surface area contributed by atoms with Crippen molar-refractivity contribution in [3.05, 3.63) is 120 Å². The molecular formula is C36H37N3O5S. The first kappa shape index (κ1) is 32.9. The molecule has 4 aromatic carbocycles. The maximum atomic E-state index is 13.5. The van der Waals surface area contributed by atoms with Gasteiger partial charge in [-0.25, -0.2) is 0 Å². The van der Waals surface area contributed by atoms with Gasteiger partial charge in [-0.15, -0.1) is 11.8 Å². The molecule has 45 heavy (non-hydrogen) atoms. The summed E-state index contributed by atoms with van der Waals surface area (Å²) in [7, 11) is 1.54. The largest absolute Gasteiger partial charge is 0.496 e. The number of ether oxygens (including phenoxy) is 2. The average molecular weight is 624 g/mol. The number of amides is 3. The zero-order chi connectivity index (χ0) is 32.0. The number of hydrogen-bond acceptors (Lipinski definition) is 6. The van der Waals surface area contributed by atoms with Gasteiger partial charge in [0.2, 0.25) is 5.91 Å². The number of unbranched alkanes of at least 4 members (excludes halogenated alkanes) is 1. The zero-order valence-electron chi connectivity index (χ0n) is 25.5. The average Bonchev–Trinajstić information content (AvgIpc) is 3.06. The highest BCUT2D eigenvalue weighted by atomic mass is 32.2. The van der Waals surface area contributed by atoms with Gasteiger partial charge >= 0.3 is 0 Å². The molecule has 0 radical (unpaired) electrons. The molecule has 3 N–H and O–H groups in total. The number of hydrogen-bond donors (Lipinski definition) is 3. The van der Waals surface area contributed by atoms with Crippen molar-refractivity contribution in [1.29, 1.82) is 0 Å². The van der Waals surface area contributed by atoms with Crippen molar-refractivity contribution in [2.45, 2.75) is 36.8 Å². The predicted octanol–water partition coefficient (Wildman–Crippen LogP) is 7.40. The highest BCUT2D eigenvalue weighted by molar-refractivity contribution is 8.00. The monoisotopic (exact) mass is 623 g/mol. The van der Waals surface area contributed by atoms with Crippen molar-refractivity contribution in [3.8, 4) is 11.5 Å². The van der Waals surface area contributed by atoms with Crippen LogP contribution < -0.4 is 25.4 Å². The van der Waals surface area contributed by atoms with Crippen LogP contribution in [0.5, 0.6) is 11.5 Å². The second-order valence-electron chi connectivity index (χ2n) is 10.1. The third kappa shape index (κ3) is 10.0. The summed E-state index contributed by atoms with van der Waals surface area (Å²) < 4.78 is 11.1. The van der Waals surface area contributed by atoms with Crippen molar-refractivity contribution in [3.63, 3.8) is 0 Å². The van der Waals surface area contributed by atoms with Crippen molar-refractivity contribution in [2.24, 2.45) is 0 Å². The Labute approximate surface area is 268 Å². The molecule has 9 heteroatoms. The van der Waals surface area contributed by atoms with E-state index in [1.165, 1.54) is 11.8 Å². The van der Waals surface area contributed by atoms with Crippen LogP contribution in [0.2, 0.25) is 0 Å². The van der Waals surface area contributed by atoms with Gasteiger partial charge in [0.15, 0.2) is 0 Å². The lowest BCUT2D eigenvalue weighted by Crippen LogP contribution is -2.30. The van der Waals surface area contributed by atoms with Crippen molar-refractivity contribution < 1.29 is 23.9 Å². The van der Waals surface area contributed by atoms with E-state index in [-0.39, 0.29) is 11.6 Å². The number of para-hydroxylation sites is 1. The Bertz CT molecular complexity index is 1620. The Morgan fingerprint density at radius 2 is 1.58 bits per heavy atom. The molecule has 4 rings (SSSR count). The van der Waals surface area contributed by atoms with Gasteiger partial charge < -0.3 is 25.4 Å². The fourth-order valence-corrected chi connectivity index (χ4v) is 5.13. The number of rotatable bonds is 14. The van der Waals surface area contributed by atoms with Crippen LogP contribution in [0.4, 0.5) is 11.4 Å². The van der Waals surface area contributed by atoms with Crippen LogP contribution in [0, 0.1) is 0 Å². The minimum atomic E-state index is -0.514. The molecule has 0 aliphatic heterocycles. The third-order valence-electron chi connectivity index (χ3n) is 6.63. The molecule has 1 atom stereocenters. The Kier molecular flexibility index (Phi) is 12.2. The quantitative estimate of drug-likeness (QED) is 0.0768. The Balaban J connectivity index is 1.43. The highest BCUT2D eigenvalue weighted by Crippen LogP contribution is 2.28. The van der Waals surface area contributed by atoms with Crippen molar-refractivity contribution in [1.82, 2.24) is 5.32 Å². The van der Waals surface area contributed by atoms with E-state index >= 15 is 0 Å². The van der Waals surface area contributed by atoms with Gasteiger partial charge in [-0.05, 0) is 80.1 Å². The Hall–Kier alpha value is -5.02. The molecule has 0 fully saturated rings. The molecule has 0 spiro atoms. The molecule has 3 amide bonds. The van der Waals surface area contributed by atoms with Gasteiger partial charge in [-0.1, -0.05) is 55.8 Å². The summed E-state index contributed by atoms with van der Waals surface area (Å²) in [5.74, 6) is 0.233. The first-order valence-corrected chi connectivity index (χ1v) is 15.6. The Morgan fingerprint density at radius 3 is 2.31 bits per heavy atom. The van der Waals surface area contributed by atoms with Crippen LogP contribution in [0.25, 0.3) is 6.08 Å². The SMILES string of the molecule is CCCCOc1ccc(NC(=O)C(C)Sc2cccc(NC(=O)/C(=C\c3ccccc3OC)NC(=O)c3ccccc3)c2)cc1. The topological polar surface area (TPSA) is 106 Å². The van der Waals surface area contributed by atoms with Gasteiger partial charge in [-0.3, -0.25) is 14.4 Å². The molecule has 0 bridgehead atoms. The van der Waals surface area contributed by atoms with E-state index in [1.54, 1.807) is 67.8 Å². The van der Waals surface area contributed by atoms with E-state index in [9.17, 15) is 14.4 Å². The molecule has 0 heterocycles. The van der Waals surface area contributed by atoms with E-state index in [4.69, 9.17) is 9.47 Å². The van der Waals surface area contributed by atoms with Crippen LogP contribution >= 0.6 is 11.8 Å². The lowest BCUT2D eigenvalue weighted by molar-refractivity contribution is -0.115. The second kappa shape index (κ2) is 16.7. The first-order chi connectivity index (χ1) is 21.9. The first-order valence-electron chi connectivity index (χ1n) is 14.7. The summed E-state index contributed by atoms with van der Waals surface area (Å²) in [5.41, 5.74) is 2.28. The third-order valence-corrected chi connectivity index (χ3v) is 7.72. The normalized spacial score (nSPS) is 11.7. The number of carbonyl (C=O) groups is 3. The fraction of sp³-hybridized carbons (Fsp3) is 0.194. The van der Waals surface area contributed by atoms with E-state index in [0.29, 0.717) is 34.9 Å². The van der Waals surface area contributed by atoms with Crippen LogP contribution in [-0.4, -0.2) is 36.7 Å². The van der Waals surface area contributed by atoms with Crippen LogP contribution in [0.15, 0.2) is 114 Å². The standard InChI is InChI=1S/C36H37N3O5S/c1-4-5-22-44-30-20-18-28(19-21-30)37-34(40)25(2)45-31-16-11-15-29(24-31)38-36(42)32(23-27-14-9-10-17-33(27)43-3)39-35(41)26-12-7-6-8-13-26/h6-21,23-25H,4-5,22H2,1-3H3,(H,37,40)(H,38,42)(H,39,41)/b32-23+. The van der Waals surface area contributed by atoms with E-state index < -0.39 is 17.1 Å². The fourth-order valence-electron chi connectivity index (χ4n) is 4.20. The number of thioether (sulfide) groups is 1. The summed E-state index contributed by atoms with van der Waals surface area (Å²) in [6, 6.07) is 30.4. The smallest absolute Gasteiger partial charge is 0.272 e. The van der Waals surface area contributed by atoms with Gasteiger partial charge in [0, 0.05) is 27.4 Å². The molecule has 8 nitrogen and oxygen atoms in total. The van der Waals surface area contributed by atoms with Crippen LogP contribution in [-0.2, 0) is 9.59 Å². The van der Waals surface area contributed by atoms with Gasteiger partial charge in [0.25, 0.3) is 11.8 Å². The maximum Gasteiger partial charge on any atom is 0.272 e. The molecular weight excluding hydrogens is 586 g/mol. The molecule has 4 aromatic rings.